The molecule has 1 N–H and O–H groups in total. The van der Waals surface area contributed by atoms with E-state index in [4.69, 9.17) is 0 Å². The molecule has 0 saturated heterocycles. The quantitative estimate of drug-likeness (QED) is 0.785. The highest BCUT2D eigenvalue weighted by molar-refractivity contribution is 4.81. The Morgan fingerprint density at radius 3 is 2.94 bits per heavy atom. The standard InChI is InChI=1S/C15H27N3/c1-13-5-6-14(2)15(11-13)17-7-3-4-9-18-10-8-16-12-18/h8,10,12-15,17H,3-7,9,11H2,1-2H3. The molecule has 1 saturated carbocycles. The van der Waals surface area contributed by atoms with E-state index in [1.54, 1.807) is 0 Å². The molecule has 1 heterocycles. The fourth-order valence-corrected chi connectivity index (χ4v) is 2.94. The summed E-state index contributed by atoms with van der Waals surface area (Å²) in [5.74, 6) is 1.76. The van der Waals surface area contributed by atoms with Gasteiger partial charge in [-0.15, -0.1) is 0 Å². The van der Waals surface area contributed by atoms with E-state index in [-0.39, 0.29) is 0 Å². The summed E-state index contributed by atoms with van der Waals surface area (Å²) in [6, 6.07) is 0.752. The van der Waals surface area contributed by atoms with Gasteiger partial charge in [0.05, 0.1) is 6.33 Å². The molecule has 0 radical (unpaired) electrons. The van der Waals surface area contributed by atoms with Gasteiger partial charge in [-0.05, 0) is 44.1 Å². The Labute approximate surface area is 111 Å². The summed E-state index contributed by atoms with van der Waals surface area (Å²) in [7, 11) is 0. The van der Waals surface area contributed by atoms with Crippen LogP contribution < -0.4 is 5.32 Å². The van der Waals surface area contributed by atoms with E-state index in [2.05, 4.69) is 28.7 Å². The molecule has 1 aromatic rings. The van der Waals surface area contributed by atoms with Crippen LogP contribution in [0.2, 0.25) is 0 Å². The number of nitrogens with one attached hydrogen (secondary N) is 1. The molecule has 3 heteroatoms. The molecule has 0 amide bonds. The van der Waals surface area contributed by atoms with Crippen molar-refractivity contribution < 1.29 is 0 Å². The van der Waals surface area contributed by atoms with Crippen molar-refractivity contribution in [2.45, 2.75) is 58.5 Å². The topological polar surface area (TPSA) is 29.9 Å². The Bertz CT molecular complexity index is 320. The highest BCUT2D eigenvalue weighted by Gasteiger charge is 2.24. The largest absolute Gasteiger partial charge is 0.337 e. The summed E-state index contributed by atoms with van der Waals surface area (Å²) < 4.78 is 2.16. The summed E-state index contributed by atoms with van der Waals surface area (Å²) in [5.41, 5.74) is 0. The summed E-state index contributed by atoms with van der Waals surface area (Å²) in [5, 5.41) is 3.76. The van der Waals surface area contributed by atoms with Crippen LogP contribution in [0.25, 0.3) is 0 Å². The minimum absolute atomic E-state index is 0.752. The van der Waals surface area contributed by atoms with E-state index in [0.717, 1.165) is 31.0 Å². The van der Waals surface area contributed by atoms with Crippen LogP contribution in [0.4, 0.5) is 0 Å². The normalized spacial score (nSPS) is 28.4. The molecule has 2 rings (SSSR count). The second kappa shape index (κ2) is 6.93. The molecule has 0 bridgehead atoms. The second-order valence-corrected chi connectivity index (χ2v) is 5.96. The number of aryl methyl sites for hydroxylation is 1. The van der Waals surface area contributed by atoms with Crippen LogP contribution in [0.5, 0.6) is 0 Å². The zero-order valence-electron chi connectivity index (χ0n) is 11.8. The van der Waals surface area contributed by atoms with Gasteiger partial charge in [-0.25, -0.2) is 4.98 Å². The molecule has 102 valence electrons. The van der Waals surface area contributed by atoms with Crippen molar-refractivity contribution >= 4 is 0 Å². The van der Waals surface area contributed by atoms with Crippen LogP contribution in [-0.2, 0) is 6.54 Å². The second-order valence-electron chi connectivity index (χ2n) is 5.96. The third kappa shape index (κ3) is 4.13. The Morgan fingerprint density at radius 1 is 1.28 bits per heavy atom. The van der Waals surface area contributed by atoms with Crippen molar-refractivity contribution in [1.29, 1.82) is 0 Å². The van der Waals surface area contributed by atoms with Gasteiger partial charge < -0.3 is 9.88 Å². The highest BCUT2D eigenvalue weighted by Crippen LogP contribution is 2.28. The van der Waals surface area contributed by atoms with Crippen molar-refractivity contribution in [3.8, 4) is 0 Å². The van der Waals surface area contributed by atoms with Crippen LogP contribution in [0.3, 0.4) is 0 Å². The Kier molecular flexibility index (Phi) is 5.24. The van der Waals surface area contributed by atoms with Crippen molar-refractivity contribution in [1.82, 2.24) is 14.9 Å². The Balaban J connectivity index is 1.57. The summed E-state index contributed by atoms with van der Waals surface area (Å²) >= 11 is 0. The maximum absolute atomic E-state index is 4.06. The molecule has 0 aromatic carbocycles. The van der Waals surface area contributed by atoms with Crippen molar-refractivity contribution in [3.05, 3.63) is 18.7 Å². The van der Waals surface area contributed by atoms with E-state index in [9.17, 15) is 0 Å². The van der Waals surface area contributed by atoms with Gasteiger partial charge >= 0.3 is 0 Å². The van der Waals surface area contributed by atoms with Gasteiger partial charge in [-0.2, -0.15) is 0 Å². The van der Waals surface area contributed by atoms with E-state index in [0.29, 0.717) is 0 Å². The predicted octanol–water partition coefficient (Wildman–Crippen LogP) is 3.08. The fraction of sp³-hybridized carbons (Fsp3) is 0.800. The number of nitrogens with zero attached hydrogens (tertiary/aromatic N) is 2. The number of hydrogen-bond donors (Lipinski definition) is 1. The van der Waals surface area contributed by atoms with Crippen molar-refractivity contribution in [3.63, 3.8) is 0 Å². The van der Waals surface area contributed by atoms with Gasteiger partial charge in [0, 0.05) is 25.0 Å². The molecule has 3 unspecified atom stereocenters. The van der Waals surface area contributed by atoms with Gasteiger partial charge in [-0.1, -0.05) is 20.3 Å². The first-order valence-corrected chi connectivity index (χ1v) is 7.45. The van der Waals surface area contributed by atoms with Crippen LogP contribution in [0.1, 0.15) is 46.0 Å². The maximum atomic E-state index is 4.06. The van der Waals surface area contributed by atoms with E-state index < -0.39 is 0 Å². The third-order valence-electron chi connectivity index (χ3n) is 4.27. The van der Waals surface area contributed by atoms with Crippen molar-refractivity contribution in [2.24, 2.45) is 11.8 Å². The molecule has 0 spiro atoms. The summed E-state index contributed by atoms with van der Waals surface area (Å²) in [4.78, 5) is 4.06. The summed E-state index contributed by atoms with van der Waals surface area (Å²) in [6.45, 7) is 7.05. The van der Waals surface area contributed by atoms with E-state index in [1.165, 1.54) is 32.1 Å². The molecular formula is C15H27N3. The van der Waals surface area contributed by atoms with Crippen LogP contribution >= 0.6 is 0 Å². The van der Waals surface area contributed by atoms with Crippen LogP contribution in [0.15, 0.2) is 18.7 Å². The van der Waals surface area contributed by atoms with Crippen LogP contribution in [0, 0.1) is 11.8 Å². The average Bonchev–Trinajstić information content (AvgIpc) is 2.86. The number of aromatic nitrogens is 2. The molecule has 0 aliphatic heterocycles. The lowest BCUT2D eigenvalue weighted by atomic mass is 9.80. The monoisotopic (exact) mass is 249 g/mol. The van der Waals surface area contributed by atoms with Crippen molar-refractivity contribution in [2.75, 3.05) is 6.54 Å². The number of unbranched alkanes of at least 4 members (excludes halogenated alkanes) is 1. The van der Waals surface area contributed by atoms with Gasteiger partial charge in [-0.3, -0.25) is 0 Å². The molecule has 18 heavy (non-hydrogen) atoms. The third-order valence-corrected chi connectivity index (χ3v) is 4.27. The molecule has 3 nitrogen and oxygen atoms in total. The Morgan fingerprint density at radius 2 is 2.17 bits per heavy atom. The van der Waals surface area contributed by atoms with Gasteiger partial charge in [0.2, 0.25) is 0 Å². The zero-order chi connectivity index (χ0) is 12.8. The maximum Gasteiger partial charge on any atom is 0.0945 e. The fourth-order valence-electron chi connectivity index (χ4n) is 2.94. The molecule has 3 atom stereocenters. The average molecular weight is 249 g/mol. The first-order valence-electron chi connectivity index (χ1n) is 7.45. The first kappa shape index (κ1) is 13.6. The lowest BCUT2D eigenvalue weighted by molar-refractivity contribution is 0.228. The van der Waals surface area contributed by atoms with Gasteiger partial charge in [0.1, 0.15) is 0 Å². The minimum atomic E-state index is 0.752. The zero-order valence-corrected chi connectivity index (χ0v) is 11.8. The SMILES string of the molecule is CC1CCC(C)C(NCCCCn2ccnc2)C1. The lowest BCUT2D eigenvalue weighted by Gasteiger charge is -2.33. The highest BCUT2D eigenvalue weighted by atomic mass is 15.0. The Hall–Kier alpha value is -0.830. The first-order chi connectivity index (χ1) is 8.75. The van der Waals surface area contributed by atoms with Crippen LogP contribution in [-0.4, -0.2) is 22.1 Å². The summed E-state index contributed by atoms with van der Waals surface area (Å²) in [6.07, 6.45) is 12.5. The lowest BCUT2D eigenvalue weighted by Crippen LogP contribution is -2.39. The number of hydrogen-bond acceptors (Lipinski definition) is 2. The van der Waals surface area contributed by atoms with Gasteiger partial charge in [0.25, 0.3) is 0 Å². The van der Waals surface area contributed by atoms with E-state index in [1.807, 2.05) is 18.7 Å². The number of rotatable bonds is 6. The molecule has 1 aliphatic carbocycles. The predicted molar refractivity (Wildman–Crippen MR) is 75.4 cm³/mol. The van der Waals surface area contributed by atoms with E-state index >= 15 is 0 Å². The van der Waals surface area contributed by atoms with Gasteiger partial charge in [0.15, 0.2) is 0 Å². The minimum Gasteiger partial charge on any atom is -0.337 e. The molecule has 1 fully saturated rings. The molecule has 1 aromatic heterocycles. The molecule has 1 aliphatic rings. The smallest absolute Gasteiger partial charge is 0.0945 e. The number of imidazole rings is 1. The molecular weight excluding hydrogens is 222 g/mol.